The molecule has 27 heavy (non-hydrogen) atoms. The summed E-state index contributed by atoms with van der Waals surface area (Å²) >= 11 is 0. The first-order valence-corrected chi connectivity index (χ1v) is 9.33. The van der Waals surface area contributed by atoms with E-state index in [0.717, 1.165) is 28.7 Å². The van der Waals surface area contributed by atoms with Gasteiger partial charge in [0, 0.05) is 31.7 Å². The van der Waals surface area contributed by atoms with E-state index in [1.54, 1.807) is 17.0 Å². The predicted octanol–water partition coefficient (Wildman–Crippen LogP) is 3.36. The van der Waals surface area contributed by atoms with Crippen molar-refractivity contribution in [2.75, 3.05) is 26.2 Å². The molecule has 1 saturated heterocycles. The molecule has 3 rings (SSSR count). The molecule has 0 atom stereocenters. The molecule has 0 N–H and O–H groups in total. The van der Waals surface area contributed by atoms with Crippen LogP contribution in [0, 0.1) is 19.7 Å². The lowest BCUT2D eigenvalue weighted by atomic mass is 10.0. The van der Waals surface area contributed by atoms with Crippen LogP contribution in [-0.2, 0) is 11.2 Å². The minimum atomic E-state index is -0.304. The van der Waals surface area contributed by atoms with Gasteiger partial charge in [-0.15, -0.1) is 0 Å². The van der Waals surface area contributed by atoms with Crippen molar-refractivity contribution < 1.29 is 14.0 Å². The second-order valence-electron chi connectivity index (χ2n) is 7.15. The molecule has 1 aliphatic rings. The van der Waals surface area contributed by atoms with Crippen molar-refractivity contribution in [1.82, 2.24) is 9.80 Å². The van der Waals surface area contributed by atoms with E-state index in [0.29, 0.717) is 26.2 Å². The number of hydrogen-bond acceptors (Lipinski definition) is 2. The number of benzene rings is 2. The molecule has 2 amide bonds. The number of aryl methyl sites for hydroxylation is 2. The summed E-state index contributed by atoms with van der Waals surface area (Å²) < 4.78 is 13.0. The molecule has 0 spiro atoms. The highest BCUT2D eigenvalue weighted by molar-refractivity contribution is 5.96. The molecule has 1 fully saturated rings. The monoisotopic (exact) mass is 368 g/mol. The van der Waals surface area contributed by atoms with Gasteiger partial charge in [0.15, 0.2) is 0 Å². The number of hydrogen-bond donors (Lipinski definition) is 0. The molecule has 0 aliphatic carbocycles. The van der Waals surface area contributed by atoms with Crippen LogP contribution >= 0.6 is 0 Å². The molecule has 142 valence electrons. The molecule has 0 saturated carbocycles. The van der Waals surface area contributed by atoms with Crippen LogP contribution in [0.4, 0.5) is 4.39 Å². The minimum Gasteiger partial charge on any atom is -0.341 e. The molecule has 2 aromatic carbocycles. The summed E-state index contributed by atoms with van der Waals surface area (Å²) in [4.78, 5) is 29.1. The highest BCUT2D eigenvalue weighted by Gasteiger charge is 2.23. The van der Waals surface area contributed by atoms with Crippen LogP contribution in [0.5, 0.6) is 0 Å². The fourth-order valence-corrected chi connectivity index (χ4v) is 3.40. The third-order valence-electron chi connectivity index (χ3n) is 5.03. The summed E-state index contributed by atoms with van der Waals surface area (Å²) in [5.74, 6) is -0.256. The van der Waals surface area contributed by atoms with Crippen molar-refractivity contribution >= 4 is 11.8 Å². The largest absolute Gasteiger partial charge is 0.341 e. The normalized spacial score (nSPS) is 14.8. The van der Waals surface area contributed by atoms with Crippen molar-refractivity contribution in [2.24, 2.45) is 0 Å². The van der Waals surface area contributed by atoms with Gasteiger partial charge in [0.1, 0.15) is 5.82 Å². The Morgan fingerprint density at radius 2 is 1.59 bits per heavy atom. The Kier molecular flexibility index (Phi) is 5.89. The number of halogens is 1. The van der Waals surface area contributed by atoms with E-state index in [1.807, 2.05) is 36.9 Å². The van der Waals surface area contributed by atoms with Crippen LogP contribution in [0.15, 0.2) is 42.5 Å². The lowest BCUT2D eigenvalue weighted by Crippen LogP contribution is -2.38. The Morgan fingerprint density at radius 1 is 0.926 bits per heavy atom. The minimum absolute atomic E-state index is 0.0163. The average Bonchev–Trinajstić information content (AvgIpc) is 2.91. The zero-order valence-corrected chi connectivity index (χ0v) is 15.9. The van der Waals surface area contributed by atoms with Crippen LogP contribution in [0.1, 0.15) is 33.5 Å². The third-order valence-corrected chi connectivity index (χ3v) is 5.03. The van der Waals surface area contributed by atoms with Gasteiger partial charge in [-0.25, -0.2) is 4.39 Å². The summed E-state index contributed by atoms with van der Waals surface area (Å²) in [6.45, 7) is 6.26. The summed E-state index contributed by atoms with van der Waals surface area (Å²) in [5.41, 5.74) is 3.57. The molecule has 1 heterocycles. The predicted molar refractivity (Wildman–Crippen MR) is 103 cm³/mol. The Bertz CT molecular complexity index is 833. The molecule has 2 aromatic rings. The lowest BCUT2D eigenvalue weighted by Gasteiger charge is -2.23. The smallest absolute Gasteiger partial charge is 0.254 e. The Balaban J connectivity index is 1.63. The van der Waals surface area contributed by atoms with Gasteiger partial charge in [0.05, 0.1) is 6.42 Å². The van der Waals surface area contributed by atoms with E-state index in [-0.39, 0.29) is 24.1 Å². The molecular weight excluding hydrogens is 343 g/mol. The summed E-state index contributed by atoms with van der Waals surface area (Å²) in [6.07, 6.45) is 1.01. The molecule has 5 heteroatoms. The SMILES string of the molecule is Cc1ccc(C)c(C(=O)N2CCCN(C(=O)Cc3ccc(F)cc3)CC2)c1. The van der Waals surface area contributed by atoms with Crippen molar-refractivity contribution in [2.45, 2.75) is 26.7 Å². The molecule has 0 bridgehead atoms. The topological polar surface area (TPSA) is 40.6 Å². The van der Waals surface area contributed by atoms with Crippen LogP contribution in [0.3, 0.4) is 0 Å². The fourth-order valence-electron chi connectivity index (χ4n) is 3.40. The van der Waals surface area contributed by atoms with Gasteiger partial charge >= 0.3 is 0 Å². The van der Waals surface area contributed by atoms with E-state index in [2.05, 4.69) is 0 Å². The summed E-state index contributed by atoms with van der Waals surface area (Å²) in [6, 6.07) is 11.9. The second kappa shape index (κ2) is 8.33. The maximum atomic E-state index is 13.0. The maximum Gasteiger partial charge on any atom is 0.254 e. The summed E-state index contributed by atoms with van der Waals surface area (Å²) in [5, 5.41) is 0. The number of amides is 2. The van der Waals surface area contributed by atoms with Gasteiger partial charge in [-0.3, -0.25) is 9.59 Å². The maximum absolute atomic E-state index is 13.0. The van der Waals surface area contributed by atoms with Crippen LogP contribution in [-0.4, -0.2) is 47.8 Å². The second-order valence-corrected chi connectivity index (χ2v) is 7.15. The molecule has 0 aromatic heterocycles. The van der Waals surface area contributed by atoms with E-state index >= 15 is 0 Å². The molecule has 4 nitrogen and oxygen atoms in total. The molecule has 0 radical (unpaired) electrons. The Morgan fingerprint density at radius 3 is 2.33 bits per heavy atom. The number of rotatable bonds is 3. The van der Waals surface area contributed by atoms with Crippen LogP contribution < -0.4 is 0 Å². The zero-order valence-electron chi connectivity index (χ0n) is 15.9. The standard InChI is InChI=1S/C22H25FN2O2/c1-16-4-5-17(2)20(14-16)22(27)25-11-3-10-24(12-13-25)21(26)15-18-6-8-19(23)9-7-18/h4-9,14H,3,10-13,15H2,1-2H3. The molecular formula is C22H25FN2O2. The highest BCUT2D eigenvalue weighted by atomic mass is 19.1. The number of nitrogens with zero attached hydrogens (tertiary/aromatic N) is 2. The Labute approximate surface area is 159 Å². The highest BCUT2D eigenvalue weighted by Crippen LogP contribution is 2.16. The van der Waals surface area contributed by atoms with Crippen molar-refractivity contribution in [3.8, 4) is 0 Å². The fraction of sp³-hybridized carbons (Fsp3) is 0.364. The third kappa shape index (κ3) is 4.73. The van der Waals surface area contributed by atoms with Gasteiger partial charge in [0.2, 0.25) is 5.91 Å². The molecule has 0 unspecified atom stereocenters. The van der Waals surface area contributed by atoms with Crippen molar-refractivity contribution in [3.05, 3.63) is 70.5 Å². The van der Waals surface area contributed by atoms with Crippen LogP contribution in [0.2, 0.25) is 0 Å². The quantitative estimate of drug-likeness (QED) is 0.834. The first-order chi connectivity index (χ1) is 12.9. The van der Waals surface area contributed by atoms with E-state index in [1.165, 1.54) is 12.1 Å². The van der Waals surface area contributed by atoms with Gasteiger partial charge in [0.25, 0.3) is 5.91 Å². The van der Waals surface area contributed by atoms with Gasteiger partial charge in [-0.2, -0.15) is 0 Å². The number of carbonyl (C=O) groups is 2. The zero-order chi connectivity index (χ0) is 19.4. The first kappa shape index (κ1) is 19.1. The van der Waals surface area contributed by atoms with Gasteiger partial charge in [-0.1, -0.05) is 29.8 Å². The van der Waals surface area contributed by atoms with Gasteiger partial charge in [-0.05, 0) is 49.6 Å². The first-order valence-electron chi connectivity index (χ1n) is 9.33. The average molecular weight is 368 g/mol. The lowest BCUT2D eigenvalue weighted by molar-refractivity contribution is -0.130. The van der Waals surface area contributed by atoms with E-state index in [4.69, 9.17) is 0 Å². The van der Waals surface area contributed by atoms with Crippen molar-refractivity contribution in [3.63, 3.8) is 0 Å². The number of carbonyl (C=O) groups excluding carboxylic acids is 2. The van der Waals surface area contributed by atoms with Gasteiger partial charge < -0.3 is 9.80 Å². The summed E-state index contributed by atoms with van der Waals surface area (Å²) in [7, 11) is 0. The molecule has 1 aliphatic heterocycles. The van der Waals surface area contributed by atoms with E-state index < -0.39 is 0 Å². The van der Waals surface area contributed by atoms with Crippen LogP contribution in [0.25, 0.3) is 0 Å². The van der Waals surface area contributed by atoms with Crippen molar-refractivity contribution in [1.29, 1.82) is 0 Å². The Hall–Kier alpha value is -2.69. The van der Waals surface area contributed by atoms with E-state index in [9.17, 15) is 14.0 Å².